The third kappa shape index (κ3) is 3.31. The Balaban J connectivity index is 1.87. The second-order valence-corrected chi connectivity index (χ2v) is 6.75. The van der Waals surface area contributed by atoms with Gasteiger partial charge in [0.05, 0.1) is 24.4 Å². The number of ketones is 1. The molecule has 0 radical (unpaired) electrons. The lowest BCUT2D eigenvalue weighted by atomic mass is 9.95. The van der Waals surface area contributed by atoms with Gasteiger partial charge in [0.2, 0.25) is 0 Å². The van der Waals surface area contributed by atoms with Crippen LogP contribution >= 0.6 is 0 Å². The molecule has 1 saturated heterocycles. The van der Waals surface area contributed by atoms with Crippen molar-refractivity contribution in [1.29, 1.82) is 0 Å². The number of likely N-dealkylation sites (tertiary alicyclic amines) is 1. The second kappa shape index (κ2) is 7.35. The molecule has 1 N–H and O–H groups in total. The van der Waals surface area contributed by atoms with Crippen LogP contribution in [0.4, 0.5) is 4.39 Å². The van der Waals surface area contributed by atoms with Crippen LogP contribution in [0.2, 0.25) is 0 Å². The Kier molecular flexibility index (Phi) is 4.72. The van der Waals surface area contributed by atoms with Crippen LogP contribution in [0.25, 0.3) is 5.76 Å². The van der Waals surface area contributed by atoms with Crippen molar-refractivity contribution < 1.29 is 23.5 Å². The number of benzene rings is 1. The maximum Gasteiger partial charge on any atom is 0.296 e. The number of amides is 1. The molecule has 0 bridgehead atoms. The number of hydrogen-bond donors (Lipinski definition) is 1. The van der Waals surface area contributed by atoms with Gasteiger partial charge in [0.15, 0.2) is 0 Å². The summed E-state index contributed by atoms with van der Waals surface area (Å²) in [5, 5.41) is 10.9. The maximum absolute atomic E-state index is 14.0. The van der Waals surface area contributed by atoms with Gasteiger partial charge in [-0.3, -0.25) is 14.6 Å². The van der Waals surface area contributed by atoms with Gasteiger partial charge in [0.25, 0.3) is 11.7 Å². The number of hydrogen-bond acceptors (Lipinski definition) is 5. The van der Waals surface area contributed by atoms with Crippen molar-refractivity contribution in [2.24, 2.45) is 0 Å². The van der Waals surface area contributed by atoms with E-state index in [4.69, 9.17) is 4.42 Å². The summed E-state index contributed by atoms with van der Waals surface area (Å²) in [5.41, 5.74) is 1.03. The normalized spacial score (nSPS) is 18.4. The van der Waals surface area contributed by atoms with Gasteiger partial charge in [0, 0.05) is 18.0 Å². The SMILES string of the molecule is Cc1ccc(/C(O)=C2/C(=O)C(=O)N(Cc3ccco3)C2c2ccncc2)cc1F. The number of carbonyl (C=O) groups is 2. The Bertz CT molecular complexity index is 1110. The molecular weight excluding hydrogens is 375 g/mol. The minimum absolute atomic E-state index is 0.0452. The van der Waals surface area contributed by atoms with E-state index in [1.807, 2.05) is 0 Å². The summed E-state index contributed by atoms with van der Waals surface area (Å²) in [5.74, 6) is -2.05. The molecule has 1 aromatic carbocycles. The molecule has 1 amide bonds. The number of furan rings is 1. The Morgan fingerprint density at radius 2 is 1.97 bits per heavy atom. The standard InChI is InChI=1S/C22H17FN2O4/c1-13-4-5-15(11-17(13)23)20(26)18-19(14-6-8-24-9-7-14)25(22(28)21(18)27)12-16-3-2-10-29-16/h2-11,19,26H,12H2,1H3/b20-18-. The molecule has 1 fully saturated rings. The molecule has 3 aromatic rings. The number of aromatic nitrogens is 1. The summed E-state index contributed by atoms with van der Waals surface area (Å²) >= 11 is 0. The highest BCUT2D eigenvalue weighted by Crippen LogP contribution is 2.40. The molecule has 4 rings (SSSR count). The number of pyridine rings is 1. The van der Waals surface area contributed by atoms with E-state index in [1.54, 1.807) is 31.2 Å². The molecule has 0 saturated carbocycles. The average molecular weight is 392 g/mol. The van der Waals surface area contributed by atoms with Crippen molar-refractivity contribution in [1.82, 2.24) is 9.88 Å². The van der Waals surface area contributed by atoms with Crippen LogP contribution in [-0.2, 0) is 16.1 Å². The van der Waals surface area contributed by atoms with E-state index in [9.17, 15) is 19.1 Å². The molecule has 1 aliphatic heterocycles. The van der Waals surface area contributed by atoms with Gasteiger partial charge in [-0.05, 0) is 48.4 Å². The van der Waals surface area contributed by atoms with E-state index in [-0.39, 0.29) is 17.7 Å². The van der Waals surface area contributed by atoms with E-state index in [2.05, 4.69) is 4.98 Å². The van der Waals surface area contributed by atoms with Crippen LogP contribution in [0.1, 0.15) is 28.5 Å². The number of nitrogens with zero attached hydrogens (tertiary/aromatic N) is 2. The van der Waals surface area contributed by atoms with E-state index in [1.165, 1.54) is 35.7 Å². The molecule has 0 aliphatic carbocycles. The Morgan fingerprint density at radius 1 is 1.21 bits per heavy atom. The van der Waals surface area contributed by atoms with E-state index in [0.29, 0.717) is 16.9 Å². The molecule has 6 nitrogen and oxygen atoms in total. The van der Waals surface area contributed by atoms with Crippen LogP contribution in [-0.4, -0.2) is 26.7 Å². The van der Waals surface area contributed by atoms with Gasteiger partial charge in [-0.15, -0.1) is 0 Å². The highest BCUT2D eigenvalue weighted by molar-refractivity contribution is 6.46. The van der Waals surface area contributed by atoms with Gasteiger partial charge in [-0.2, -0.15) is 0 Å². The number of halogens is 1. The number of carbonyl (C=O) groups excluding carboxylic acids is 2. The van der Waals surface area contributed by atoms with Crippen molar-refractivity contribution in [3.8, 4) is 0 Å². The molecule has 1 aliphatic rings. The summed E-state index contributed by atoms with van der Waals surface area (Å²) in [6.45, 7) is 1.64. The largest absolute Gasteiger partial charge is 0.507 e. The van der Waals surface area contributed by atoms with Crippen LogP contribution in [0.15, 0.2) is 71.1 Å². The topological polar surface area (TPSA) is 83.6 Å². The first-order chi connectivity index (χ1) is 14.0. The summed E-state index contributed by atoms with van der Waals surface area (Å²) < 4.78 is 19.4. The maximum atomic E-state index is 14.0. The first-order valence-electron chi connectivity index (χ1n) is 8.94. The van der Waals surface area contributed by atoms with Crippen LogP contribution in [0.5, 0.6) is 0 Å². The Labute approximate surface area is 165 Å². The molecule has 146 valence electrons. The average Bonchev–Trinajstić information content (AvgIpc) is 3.32. The third-order valence-corrected chi connectivity index (χ3v) is 4.91. The number of rotatable bonds is 4. The molecule has 7 heteroatoms. The summed E-state index contributed by atoms with van der Waals surface area (Å²) in [7, 11) is 0. The fourth-order valence-corrected chi connectivity index (χ4v) is 3.40. The minimum Gasteiger partial charge on any atom is -0.507 e. The fourth-order valence-electron chi connectivity index (χ4n) is 3.40. The number of aliphatic hydroxyl groups excluding tert-OH is 1. The molecule has 0 spiro atoms. The monoisotopic (exact) mass is 392 g/mol. The fraction of sp³-hybridized carbons (Fsp3) is 0.136. The first kappa shape index (κ1) is 18.6. The Morgan fingerprint density at radius 3 is 2.62 bits per heavy atom. The first-order valence-corrected chi connectivity index (χ1v) is 8.94. The zero-order valence-electron chi connectivity index (χ0n) is 15.5. The predicted octanol–water partition coefficient (Wildman–Crippen LogP) is 3.74. The summed E-state index contributed by atoms with van der Waals surface area (Å²) in [4.78, 5) is 30.9. The quantitative estimate of drug-likeness (QED) is 0.415. The molecule has 2 aromatic heterocycles. The highest BCUT2D eigenvalue weighted by Gasteiger charge is 2.46. The van der Waals surface area contributed by atoms with Crippen molar-refractivity contribution in [3.63, 3.8) is 0 Å². The minimum atomic E-state index is -0.854. The summed E-state index contributed by atoms with van der Waals surface area (Å²) in [6.07, 6.45) is 4.55. The van der Waals surface area contributed by atoms with Crippen LogP contribution < -0.4 is 0 Å². The molecule has 1 unspecified atom stereocenters. The van der Waals surface area contributed by atoms with Crippen LogP contribution in [0.3, 0.4) is 0 Å². The van der Waals surface area contributed by atoms with E-state index in [0.717, 1.165) is 6.07 Å². The van der Waals surface area contributed by atoms with Gasteiger partial charge < -0.3 is 14.4 Å². The number of aryl methyl sites for hydroxylation is 1. The van der Waals surface area contributed by atoms with E-state index < -0.39 is 29.3 Å². The van der Waals surface area contributed by atoms with Crippen molar-refractivity contribution >= 4 is 17.4 Å². The van der Waals surface area contributed by atoms with Gasteiger partial charge in [0.1, 0.15) is 17.3 Å². The summed E-state index contributed by atoms with van der Waals surface area (Å²) in [6, 6.07) is 10.0. The molecule has 1 atom stereocenters. The van der Waals surface area contributed by atoms with Crippen molar-refractivity contribution in [3.05, 3.63) is 95.0 Å². The smallest absolute Gasteiger partial charge is 0.296 e. The zero-order chi connectivity index (χ0) is 20.5. The van der Waals surface area contributed by atoms with Gasteiger partial charge in [-0.1, -0.05) is 12.1 Å². The lowest BCUT2D eigenvalue weighted by Crippen LogP contribution is -2.29. The lowest BCUT2D eigenvalue weighted by molar-refractivity contribution is -0.140. The van der Waals surface area contributed by atoms with Gasteiger partial charge in [-0.25, -0.2) is 4.39 Å². The van der Waals surface area contributed by atoms with Crippen LogP contribution in [0, 0.1) is 12.7 Å². The molecule has 3 heterocycles. The predicted molar refractivity (Wildman–Crippen MR) is 102 cm³/mol. The van der Waals surface area contributed by atoms with Crippen molar-refractivity contribution in [2.75, 3.05) is 0 Å². The molecule has 29 heavy (non-hydrogen) atoms. The highest BCUT2D eigenvalue weighted by atomic mass is 19.1. The second-order valence-electron chi connectivity index (χ2n) is 6.75. The van der Waals surface area contributed by atoms with E-state index >= 15 is 0 Å². The zero-order valence-corrected chi connectivity index (χ0v) is 15.5. The van der Waals surface area contributed by atoms with Crippen molar-refractivity contribution in [2.45, 2.75) is 19.5 Å². The van der Waals surface area contributed by atoms with Gasteiger partial charge >= 0.3 is 0 Å². The number of Topliss-reactive ketones (excluding diaryl/α,β-unsaturated/α-hetero) is 1. The molecular formula is C22H17FN2O4. The lowest BCUT2D eigenvalue weighted by Gasteiger charge is -2.24. The third-order valence-electron chi connectivity index (χ3n) is 4.91. The Hall–Kier alpha value is -3.74. The number of aliphatic hydroxyl groups is 1.